The Morgan fingerprint density at radius 3 is 2.84 bits per heavy atom. The minimum Gasteiger partial charge on any atom is -0.379 e. The second-order valence-corrected chi connectivity index (χ2v) is 7.86. The standard InChI is InChI=1S/C17H28N4O3S/c1-3-19-17(21(2)9-10-24-13-14-7-8-14)20-12-15-5-4-6-16(11-15)25(18,22)23/h4-6,11,14H,3,7-10,12-13H2,1-2H3,(H,19,20)(H2,18,22,23). The van der Waals surface area contributed by atoms with Crippen molar-refractivity contribution in [1.82, 2.24) is 10.2 Å². The number of rotatable bonds is 9. The van der Waals surface area contributed by atoms with Gasteiger partial charge in [0.2, 0.25) is 10.0 Å². The molecule has 0 heterocycles. The lowest BCUT2D eigenvalue weighted by atomic mass is 10.2. The van der Waals surface area contributed by atoms with E-state index < -0.39 is 10.0 Å². The lowest BCUT2D eigenvalue weighted by Crippen LogP contribution is -2.40. The van der Waals surface area contributed by atoms with Crippen molar-refractivity contribution in [2.24, 2.45) is 16.0 Å². The molecule has 1 aromatic rings. The topological polar surface area (TPSA) is 97.0 Å². The molecule has 0 unspecified atom stereocenters. The van der Waals surface area contributed by atoms with Crippen molar-refractivity contribution < 1.29 is 13.2 Å². The van der Waals surface area contributed by atoms with E-state index in [1.165, 1.54) is 18.9 Å². The zero-order valence-corrected chi connectivity index (χ0v) is 15.8. The Hall–Kier alpha value is -1.64. The Balaban J connectivity index is 1.93. The molecule has 1 saturated carbocycles. The van der Waals surface area contributed by atoms with Crippen LogP contribution in [0.5, 0.6) is 0 Å². The number of ether oxygens (including phenoxy) is 1. The molecular formula is C17H28N4O3S. The molecule has 1 fully saturated rings. The molecule has 3 N–H and O–H groups in total. The highest BCUT2D eigenvalue weighted by Gasteiger charge is 2.21. The molecule has 1 aliphatic rings. The molecule has 0 radical (unpaired) electrons. The van der Waals surface area contributed by atoms with Gasteiger partial charge in [0.25, 0.3) is 0 Å². The fourth-order valence-electron chi connectivity index (χ4n) is 2.30. The molecule has 0 saturated heterocycles. The molecule has 0 aromatic heterocycles. The molecular weight excluding hydrogens is 340 g/mol. The van der Waals surface area contributed by atoms with E-state index in [9.17, 15) is 8.42 Å². The lowest BCUT2D eigenvalue weighted by molar-refractivity contribution is 0.115. The monoisotopic (exact) mass is 368 g/mol. The number of sulfonamides is 1. The van der Waals surface area contributed by atoms with E-state index in [0.29, 0.717) is 13.2 Å². The van der Waals surface area contributed by atoms with Crippen molar-refractivity contribution in [2.45, 2.75) is 31.2 Å². The number of benzene rings is 1. The molecule has 0 bridgehead atoms. The Kier molecular flexibility index (Phi) is 7.22. The van der Waals surface area contributed by atoms with Gasteiger partial charge < -0.3 is 15.0 Å². The fourth-order valence-corrected chi connectivity index (χ4v) is 2.88. The van der Waals surface area contributed by atoms with Crippen LogP contribution in [0.2, 0.25) is 0 Å². The summed E-state index contributed by atoms with van der Waals surface area (Å²) in [5.74, 6) is 1.52. The molecule has 0 spiro atoms. The minimum absolute atomic E-state index is 0.104. The molecule has 8 heteroatoms. The molecule has 2 rings (SSSR count). The maximum absolute atomic E-state index is 11.4. The highest BCUT2D eigenvalue weighted by Crippen LogP contribution is 2.28. The first-order chi connectivity index (χ1) is 11.9. The average molecular weight is 369 g/mol. The molecule has 0 atom stereocenters. The lowest BCUT2D eigenvalue weighted by Gasteiger charge is -2.22. The van der Waals surface area contributed by atoms with Crippen molar-refractivity contribution in [3.8, 4) is 0 Å². The van der Waals surface area contributed by atoms with Gasteiger partial charge in [0.15, 0.2) is 5.96 Å². The van der Waals surface area contributed by atoms with Gasteiger partial charge in [-0.15, -0.1) is 0 Å². The molecule has 0 amide bonds. The van der Waals surface area contributed by atoms with Crippen molar-refractivity contribution in [3.63, 3.8) is 0 Å². The largest absolute Gasteiger partial charge is 0.379 e. The van der Waals surface area contributed by atoms with Crippen LogP contribution in [-0.2, 0) is 21.3 Å². The van der Waals surface area contributed by atoms with Crippen LogP contribution in [0.1, 0.15) is 25.3 Å². The van der Waals surface area contributed by atoms with Gasteiger partial charge in [0.1, 0.15) is 0 Å². The van der Waals surface area contributed by atoms with Crippen LogP contribution in [-0.4, -0.2) is 52.6 Å². The van der Waals surface area contributed by atoms with Crippen LogP contribution < -0.4 is 10.5 Å². The van der Waals surface area contributed by atoms with Gasteiger partial charge in [0, 0.05) is 26.7 Å². The van der Waals surface area contributed by atoms with Gasteiger partial charge in [-0.3, -0.25) is 0 Å². The number of guanidine groups is 1. The average Bonchev–Trinajstić information content (AvgIpc) is 3.39. The summed E-state index contributed by atoms with van der Waals surface area (Å²) in [5, 5.41) is 8.41. The Labute approximate surface area is 150 Å². The van der Waals surface area contributed by atoms with E-state index >= 15 is 0 Å². The summed E-state index contributed by atoms with van der Waals surface area (Å²) < 4.78 is 28.5. The quantitative estimate of drug-likeness (QED) is 0.387. The van der Waals surface area contributed by atoms with E-state index in [0.717, 1.165) is 37.1 Å². The summed E-state index contributed by atoms with van der Waals surface area (Å²) >= 11 is 0. The first kappa shape index (κ1) is 19.7. The van der Waals surface area contributed by atoms with Crippen molar-refractivity contribution in [3.05, 3.63) is 29.8 Å². The number of hydrogen-bond donors (Lipinski definition) is 2. The number of nitrogens with zero attached hydrogens (tertiary/aromatic N) is 2. The molecule has 140 valence electrons. The maximum Gasteiger partial charge on any atom is 0.238 e. The number of aliphatic imine (C=N–C) groups is 1. The molecule has 25 heavy (non-hydrogen) atoms. The first-order valence-corrected chi connectivity index (χ1v) is 10.1. The summed E-state index contributed by atoms with van der Waals surface area (Å²) in [6, 6.07) is 6.55. The maximum atomic E-state index is 11.4. The van der Waals surface area contributed by atoms with Gasteiger partial charge in [-0.05, 0) is 43.4 Å². The third kappa shape index (κ3) is 7.01. The third-order valence-corrected chi connectivity index (χ3v) is 4.87. The van der Waals surface area contributed by atoms with Crippen molar-refractivity contribution in [1.29, 1.82) is 0 Å². The summed E-state index contributed by atoms with van der Waals surface area (Å²) in [5.41, 5.74) is 0.792. The minimum atomic E-state index is -3.70. The van der Waals surface area contributed by atoms with E-state index in [4.69, 9.17) is 9.88 Å². The van der Waals surface area contributed by atoms with E-state index in [1.54, 1.807) is 12.1 Å². The van der Waals surface area contributed by atoms with E-state index in [-0.39, 0.29) is 4.90 Å². The van der Waals surface area contributed by atoms with Crippen LogP contribution in [0.15, 0.2) is 34.2 Å². The molecule has 1 aromatic carbocycles. The highest BCUT2D eigenvalue weighted by atomic mass is 32.2. The number of likely N-dealkylation sites (N-methyl/N-ethyl adjacent to an activating group) is 1. The second-order valence-electron chi connectivity index (χ2n) is 6.30. The zero-order chi connectivity index (χ0) is 18.3. The van der Waals surface area contributed by atoms with Crippen LogP contribution in [0, 0.1) is 5.92 Å². The van der Waals surface area contributed by atoms with Crippen LogP contribution >= 0.6 is 0 Å². The van der Waals surface area contributed by atoms with Crippen LogP contribution in [0.4, 0.5) is 0 Å². The molecule has 7 nitrogen and oxygen atoms in total. The highest BCUT2D eigenvalue weighted by molar-refractivity contribution is 7.89. The SMILES string of the molecule is CCNC(=NCc1cccc(S(N)(=O)=O)c1)N(C)CCOCC1CC1. The van der Waals surface area contributed by atoms with Crippen molar-refractivity contribution >= 4 is 16.0 Å². The number of nitrogens with one attached hydrogen (secondary N) is 1. The molecule has 1 aliphatic carbocycles. The van der Waals surface area contributed by atoms with Gasteiger partial charge in [0.05, 0.1) is 18.0 Å². The third-order valence-electron chi connectivity index (χ3n) is 3.96. The normalized spacial score (nSPS) is 15.2. The van der Waals surface area contributed by atoms with E-state index in [1.807, 2.05) is 24.9 Å². The first-order valence-electron chi connectivity index (χ1n) is 8.59. The van der Waals surface area contributed by atoms with Gasteiger partial charge >= 0.3 is 0 Å². The van der Waals surface area contributed by atoms with Crippen molar-refractivity contribution in [2.75, 3.05) is 33.4 Å². The predicted octanol–water partition coefficient (Wildman–Crippen LogP) is 1.16. The van der Waals surface area contributed by atoms with Crippen LogP contribution in [0.3, 0.4) is 0 Å². The van der Waals surface area contributed by atoms with E-state index in [2.05, 4.69) is 10.3 Å². The summed E-state index contributed by atoms with van der Waals surface area (Å²) in [6.45, 7) is 5.40. The molecule has 0 aliphatic heterocycles. The van der Waals surface area contributed by atoms with Gasteiger partial charge in [-0.1, -0.05) is 12.1 Å². The predicted molar refractivity (Wildman–Crippen MR) is 98.8 cm³/mol. The van der Waals surface area contributed by atoms with Gasteiger partial charge in [-0.2, -0.15) is 0 Å². The van der Waals surface area contributed by atoms with Crippen LogP contribution in [0.25, 0.3) is 0 Å². The Bertz CT molecular complexity index is 687. The number of nitrogens with two attached hydrogens (primary N) is 1. The summed E-state index contributed by atoms with van der Waals surface area (Å²) in [7, 11) is -1.74. The number of primary sulfonamides is 1. The smallest absolute Gasteiger partial charge is 0.238 e. The summed E-state index contributed by atoms with van der Waals surface area (Å²) in [4.78, 5) is 6.69. The zero-order valence-electron chi connectivity index (χ0n) is 14.9. The Morgan fingerprint density at radius 1 is 1.44 bits per heavy atom. The Morgan fingerprint density at radius 2 is 2.20 bits per heavy atom. The summed E-state index contributed by atoms with van der Waals surface area (Å²) in [6.07, 6.45) is 2.58. The second kappa shape index (κ2) is 9.17. The number of hydrogen-bond acceptors (Lipinski definition) is 4. The fraction of sp³-hybridized carbons (Fsp3) is 0.588. The van der Waals surface area contributed by atoms with Gasteiger partial charge in [-0.25, -0.2) is 18.5 Å².